The molecular weight excluding hydrogens is 314 g/mol. The molecule has 1 N–H and O–H groups in total. The van der Waals surface area contributed by atoms with Gasteiger partial charge in [-0.15, -0.1) is 10.2 Å². The highest BCUT2D eigenvalue weighted by Crippen LogP contribution is 2.21. The molecule has 23 heavy (non-hydrogen) atoms. The second-order valence-corrected chi connectivity index (χ2v) is 5.42. The number of amides is 1. The number of aryl methyl sites for hydroxylation is 1. The van der Waals surface area contributed by atoms with Crippen molar-refractivity contribution in [3.8, 4) is 11.8 Å². The Bertz CT molecular complexity index is 941. The number of benzene rings is 2. The highest BCUT2D eigenvalue weighted by molar-refractivity contribution is 6.31. The van der Waals surface area contributed by atoms with Crippen LogP contribution in [0.1, 0.15) is 12.0 Å². The zero-order chi connectivity index (χ0) is 16.4. The van der Waals surface area contributed by atoms with Crippen molar-refractivity contribution in [2.75, 3.05) is 5.32 Å². The number of carbonyl (C=O) groups excluding carboxylic acids is 1. The van der Waals surface area contributed by atoms with Crippen LogP contribution in [-0.2, 0) is 4.79 Å². The summed E-state index contributed by atoms with van der Waals surface area (Å²) in [6, 6.07) is 12.6. The number of nitriles is 1. The number of fused-ring (bicyclic) bond motifs is 1. The van der Waals surface area contributed by atoms with Gasteiger partial charge in [-0.25, -0.2) is 0 Å². The van der Waals surface area contributed by atoms with Crippen LogP contribution in [0.4, 0.5) is 5.69 Å². The first-order valence-electron chi connectivity index (χ1n) is 6.87. The van der Waals surface area contributed by atoms with Crippen LogP contribution in [0.5, 0.6) is 0 Å². The molecule has 0 bridgehead atoms. The predicted octanol–water partition coefficient (Wildman–Crippen LogP) is 3.23. The van der Waals surface area contributed by atoms with Gasteiger partial charge in [0.05, 0.1) is 11.8 Å². The van der Waals surface area contributed by atoms with E-state index in [0.717, 1.165) is 11.3 Å². The molecule has 0 atom stereocenters. The lowest BCUT2D eigenvalue weighted by molar-refractivity contribution is -0.115. The molecule has 114 valence electrons. The molecule has 0 saturated carbocycles. The van der Waals surface area contributed by atoms with Gasteiger partial charge in [-0.1, -0.05) is 17.7 Å². The molecule has 1 amide bonds. The molecule has 3 aromatic rings. The number of anilines is 1. The first kappa shape index (κ1) is 15.0. The van der Waals surface area contributed by atoms with Crippen LogP contribution in [0.25, 0.3) is 16.7 Å². The molecule has 0 spiro atoms. The molecule has 1 heterocycles. The van der Waals surface area contributed by atoms with Crippen LogP contribution in [0, 0.1) is 18.3 Å². The fourth-order valence-electron chi connectivity index (χ4n) is 2.09. The molecule has 0 fully saturated rings. The molecule has 3 rings (SSSR count). The quantitative estimate of drug-likeness (QED) is 0.801. The minimum absolute atomic E-state index is 0.188. The van der Waals surface area contributed by atoms with Crippen molar-refractivity contribution in [3.05, 3.63) is 47.0 Å². The lowest BCUT2D eigenvalue weighted by atomic mass is 10.2. The molecular formula is C16H12ClN5O. The highest BCUT2D eigenvalue weighted by atomic mass is 35.5. The molecule has 0 radical (unpaired) electrons. The Balaban J connectivity index is 1.94. The van der Waals surface area contributed by atoms with Gasteiger partial charge in [-0.3, -0.25) is 4.79 Å². The molecule has 1 aromatic heterocycles. The SMILES string of the molecule is Cc1ccc(-n2nc3ccc(NC(=O)CC#N)cc3n2)cc1Cl. The number of nitrogens with one attached hydrogen (secondary N) is 1. The third-order valence-electron chi connectivity index (χ3n) is 3.29. The average Bonchev–Trinajstić information content (AvgIpc) is 2.93. The van der Waals surface area contributed by atoms with E-state index in [0.29, 0.717) is 21.7 Å². The topological polar surface area (TPSA) is 83.6 Å². The summed E-state index contributed by atoms with van der Waals surface area (Å²) in [7, 11) is 0. The third-order valence-corrected chi connectivity index (χ3v) is 3.70. The number of aromatic nitrogens is 3. The fraction of sp³-hybridized carbons (Fsp3) is 0.125. The molecule has 0 saturated heterocycles. The smallest absolute Gasteiger partial charge is 0.238 e. The first-order chi connectivity index (χ1) is 11.1. The zero-order valence-electron chi connectivity index (χ0n) is 12.2. The Morgan fingerprint density at radius 3 is 2.78 bits per heavy atom. The van der Waals surface area contributed by atoms with Crippen LogP contribution in [0.3, 0.4) is 0 Å². The molecule has 2 aromatic carbocycles. The first-order valence-corrected chi connectivity index (χ1v) is 7.25. The van der Waals surface area contributed by atoms with E-state index in [2.05, 4.69) is 15.5 Å². The van der Waals surface area contributed by atoms with Gasteiger partial charge < -0.3 is 5.32 Å². The lowest BCUT2D eigenvalue weighted by Crippen LogP contribution is -2.09. The van der Waals surface area contributed by atoms with Crippen molar-refractivity contribution < 1.29 is 4.79 Å². The minimum Gasteiger partial charge on any atom is -0.325 e. The standard InChI is InChI=1S/C16H12ClN5O/c1-10-2-4-12(9-13(10)17)22-20-14-5-3-11(8-15(14)21-22)19-16(23)6-7-18/h2-5,8-9H,6H2,1H3,(H,19,23). The van der Waals surface area contributed by atoms with Gasteiger partial charge in [0.2, 0.25) is 5.91 Å². The van der Waals surface area contributed by atoms with Gasteiger partial charge >= 0.3 is 0 Å². The molecule has 0 aliphatic carbocycles. The molecule has 0 aliphatic rings. The maximum Gasteiger partial charge on any atom is 0.238 e. The van der Waals surface area contributed by atoms with E-state index in [-0.39, 0.29) is 12.3 Å². The Labute approximate surface area is 137 Å². The normalized spacial score (nSPS) is 10.5. The van der Waals surface area contributed by atoms with Gasteiger partial charge in [0.25, 0.3) is 0 Å². The number of rotatable bonds is 3. The van der Waals surface area contributed by atoms with E-state index in [1.54, 1.807) is 30.3 Å². The second kappa shape index (κ2) is 6.07. The van der Waals surface area contributed by atoms with Gasteiger partial charge in [-0.2, -0.15) is 10.1 Å². The lowest BCUT2D eigenvalue weighted by Gasteiger charge is -2.01. The summed E-state index contributed by atoms with van der Waals surface area (Å²) in [5.41, 5.74) is 3.64. The number of nitrogens with zero attached hydrogens (tertiary/aromatic N) is 4. The molecule has 0 unspecified atom stereocenters. The van der Waals surface area contributed by atoms with Crippen molar-refractivity contribution in [2.45, 2.75) is 13.3 Å². The van der Waals surface area contributed by atoms with E-state index in [1.165, 1.54) is 4.80 Å². The van der Waals surface area contributed by atoms with E-state index in [1.807, 2.05) is 19.1 Å². The Morgan fingerprint density at radius 1 is 1.26 bits per heavy atom. The van der Waals surface area contributed by atoms with E-state index in [4.69, 9.17) is 16.9 Å². The largest absolute Gasteiger partial charge is 0.325 e. The summed E-state index contributed by atoms with van der Waals surface area (Å²) in [6.45, 7) is 1.93. The summed E-state index contributed by atoms with van der Waals surface area (Å²) >= 11 is 6.13. The van der Waals surface area contributed by atoms with E-state index < -0.39 is 0 Å². The van der Waals surface area contributed by atoms with Gasteiger partial charge in [-0.05, 0) is 42.8 Å². The zero-order valence-corrected chi connectivity index (χ0v) is 13.0. The maximum atomic E-state index is 11.5. The maximum absolute atomic E-state index is 11.5. The highest BCUT2D eigenvalue weighted by Gasteiger charge is 2.08. The third kappa shape index (κ3) is 3.15. The van der Waals surface area contributed by atoms with Crippen LogP contribution >= 0.6 is 11.6 Å². The number of halogens is 1. The summed E-state index contributed by atoms with van der Waals surface area (Å²) in [4.78, 5) is 13.0. The molecule has 6 nitrogen and oxygen atoms in total. The fourth-order valence-corrected chi connectivity index (χ4v) is 2.27. The van der Waals surface area contributed by atoms with Crippen molar-refractivity contribution in [1.82, 2.24) is 15.0 Å². The summed E-state index contributed by atoms with van der Waals surface area (Å²) in [5.74, 6) is -0.357. The Kier molecular flexibility index (Phi) is 3.96. The number of hydrogen-bond acceptors (Lipinski definition) is 4. The van der Waals surface area contributed by atoms with Crippen LogP contribution in [0.2, 0.25) is 5.02 Å². The molecule has 0 aliphatic heterocycles. The summed E-state index contributed by atoms with van der Waals surface area (Å²) < 4.78 is 0. The Hall–Kier alpha value is -2.91. The molecule has 7 heteroatoms. The van der Waals surface area contributed by atoms with Crippen LogP contribution < -0.4 is 5.32 Å². The van der Waals surface area contributed by atoms with Gasteiger partial charge in [0.1, 0.15) is 17.5 Å². The average molecular weight is 326 g/mol. The van der Waals surface area contributed by atoms with Crippen LogP contribution in [-0.4, -0.2) is 20.9 Å². The van der Waals surface area contributed by atoms with E-state index in [9.17, 15) is 4.79 Å². The van der Waals surface area contributed by atoms with Crippen molar-refractivity contribution in [1.29, 1.82) is 5.26 Å². The summed E-state index contributed by atoms with van der Waals surface area (Å²) in [6.07, 6.45) is -0.188. The van der Waals surface area contributed by atoms with Crippen molar-refractivity contribution in [3.63, 3.8) is 0 Å². The number of hydrogen-bond donors (Lipinski definition) is 1. The monoisotopic (exact) mass is 325 g/mol. The Morgan fingerprint density at radius 2 is 2.04 bits per heavy atom. The van der Waals surface area contributed by atoms with Crippen molar-refractivity contribution in [2.24, 2.45) is 0 Å². The van der Waals surface area contributed by atoms with Crippen molar-refractivity contribution >= 4 is 34.2 Å². The minimum atomic E-state index is -0.357. The van der Waals surface area contributed by atoms with Gasteiger partial charge in [0.15, 0.2) is 0 Å². The predicted molar refractivity (Wildman–Crippen MR) is 87.5 cm³/mol. The second-order valence-electron chi connectivity index (χ2n) is 5.01. The van der Waals surface area contributed by atoms with Gasteiger partial charge in [0, 0.05) is 10.7 Å². The van der Waals surface area contributed by atoms with Crippen LogP contribution in [0.15, 0.2) is 36.4 Å². The summed E-state index contributed by atoms with van der Waals surface area (Å²) in [5, 5.41) is 20.6. The number of carbonyl (C=O) groups is 1. The van der Waals surface area contributed by atoms with E-state index >= 15 is 0 Å².